The lowest BCUT2D eigenvalue weighted by molar-refractivity contribution is 0.0610. The Hall–Kier alpha value is -2.17. The number of aromatic nitrogens is 2. The van der Waals surface area contributed by atoms with Crippen LogP contribution in [0.2, 0.25) is 0 Å². The molecule has 2 atom stereocenters. The third-order valence-corrected chi connectivity index (χ3v) is 4.64. The molecule has 0 bridgehead atoms. The molecule has 10 nitrogen and oxygen atoms in total. The van der Waals surface area contributed by atoms with E-state index in [1.54, 1.807) is 0 Å². The Kier molecular flexibility index (Phi) is 4.91. The molecule has 2 unspecified atom stereocenters. The molecule has 0 radical (unpaired) electrons. The molecule has 0 aliphatic carbocycles. The summed E-state index contributed by atoms with van der Waals surface area (Å²) in [6.07, 6.45) is 0.912. The van der Waals surface area contributed by atoms with Crippen molar-refractivity contribution in [2.75, 3.05) is 35.3 Å². The molecular weight excluding hydrogens is 334 g/mol. The number of rotatable bonds is 4. The number of hydrazine groups is 1. The van der Waals surface area contributed by atoms with Crippen LogP contribution in [0, 0.1) is 0 Å². The Morgan fingerprint density at radius 3 is 2.62 bits per heavy atom. The van der Waals surface area contributed by atoms with E-state index in [1.807, 2.05) is 6.92 Å². The highest BCUT2D eigenvalue weighted by Crippen LogP contribution is 2.34. The summed E-state index contributed by atoms with van der Waals surface area (Å²) in [6.45, 7) is 10.0. The molecule has 1 aromatic heterocycles. The van der Waals surface area contributed by atoms with Crippen molar-refractivity contribution >= 4 is 23.0 Å². The minimum absolute atomic E-state index is 0.124. The zero-order valence-electron chi connectivity index (χ0n) is 15.9. The van der Waals surface area contributed by atoms with E-state index in [0.29, 0.717) is 29.7 Å². The van der Waals surface area contributed by atoms with Crippen LogP contribution in [0.5, 0.6) is 0 Å². The van der Waals surface area contributed by atoms with Crippen LogP contribution in [-0.4, -0.2) is 47.4 Å². The summed E-state index contributed by atoms with van der Waals surface area (Å²) in [4.78, 5) is 16.4. The molecule has 3 heterocycles. The van der Waals surface area contributed by atoms with Crippen molar-refractivity contribution in [3.8, 4) is 0 Å². The van der Waals surface area contributed by atoms with Crippen LogP contribution in [0.1, 0.15) is 39.9 Å². The van der Waals surface area contributed by atoms with Crippen LogP contribution in [0.4, 0.5) is 17.3 Å². The second-order valence-electron chi connectivity index (χ2n) is 8.00. The van der Waals surface area contributed by atoms with Crippen molar-refractivity contribution in [3.05, 3.63) is 5.82 Å². The molecule has 10 heteroatoms. The van der Waals surface area contributed by atoms with Crippen molar-refractivity contribution < 1.29 is 4.94 Å². The van der Waals surface area contributed by atoms with Crippen LogP contribution < -0.4 is 32.7 Å². The average Bonchev–Trinajstić information content (AvgIpc) is 3.15. The summed E-state index contributed by atoms with van der Waals surface area (Å²) in [5.74, 6) is 8.20. The van der Waals surface area contributed by atoms with Gasteiger partial charge in [-0.15, -0.1) is 5.48 Å². The summed E-state index contributed by atoms with van der Waals surface area (Å²) < 4.78 is 0. The molecule has 1 saturated heterocycles. The summed E-state index contributed by atoms with van der Waals surface area (Å²) in [5.41, 5.74) is 16.3. The van der Waals surface area contributed by atoms with E-state index in [-0.39, 0.29) is 17.5 Å². The van der Waals surface area contributed by atoms with E-state index in [0.717, 1.165) is 25.2 Å². The van der Waals surface area contributed by atoms with Crippen LogP contribution in [0.3, 0.4) is 0 Å². The summed E-state index contributed by atoms with van der Waals surface area (Å²) in [7, 11) is 0. The van der Waals surface area contributed by atoms with Crippen molar-refractivity contribution in [2.45, 2.75) is 51.6 Å². The van der Waals surface area contributed by atoms with Gasteiger partial charge in [0, 0.05) is 24.5 Å². The molecule has 3 rings (SSSR count). The quantitative estimate of drug-likeness (QED) is 0.424. The molecule has 26 heavy (non-hydrogen) atoms. The molecule has 1 fully saturated rings. The van der Waals surface area contributed by atoms with E-state index >= 15 is 0 Å². The summed E-state index contributed by atoms with van der Waals surface area (Å²) in [5, 5.41) is 5.39. The Morgan fingerprint density at radius 2 is 2.08 bits per heavy atom. The zero-order valence-corrected chi connectivity index (χ0v) is 15.9. The van der Waals surface area contributed by atoms with E-state index in [4.69, 9.17) is 27.2 Å². The first-order valence-electron chi connectivity index (χ1n) is 8.83. The Bertz CT molecular complexity index is 700. The maximum Gasteiger partial charge on any atom is 0.171 e. The molecular formula is C16H29N9O. The van der Waals surface area contributed by atoms with Crippen LogP contribution in [-0.2, 0) is 10.4 Å². The molecule has 144 valence electrons. The van der Waals surface area contributed by atoms with E-state index in [2.05, 4.69) is 41.3 Å². The average molecular weight is 363 g/mol. The minimum Gasteiger partial charge on any atom is -0.393 e. The number of nitrogens with two attached hydrogens (primary N) is 3. The van der Waals surface area contributed by atoms with Gasteiger partial charge in [-0.3, -0.25) is 9.95 Å². The lowest BCUT2D eigenvalue weighted by atomic mass is 9.95. The first-order chi connectivity index (χ1) is 12.2. The van der Waals surface area contributed by atoms with Crippen LogP contribution >= 0.6 is 0 Å². The van der Waals surface area contributed by atoms with Gasteiger partial charge in [-0.2, -0.15) is 0 Å². The zero-order chi connectivity index (χ0) is 19.1. The van der Waals surface area contributed by atoms with Gasteiger partial charge >= 0.3 is 0 Å². The molecule has 0 amide bonds. The van der Waals surface area contributed by atoms with E-state index in [1.165, 1.54) is 5.01 Å². The predicted molar refractivity (Wildman–Crippen MR) is 103 cm³/mol. The van der Waals surface area contributed by atoms with Crippen molar-refractivity contribution in [1.82, 2.24) is 15.4 Å². The maximum atomic E-state index is 6.42. The van der Waals surface area contributed by atoms with Crippen molar-refractivity contribution in [3.63, 3.8) is 0 Å². The number of nitrogens with zero attached hydrogens (tertiary/aromatic N) is 5. The van der Waals surface area contributed by atoms with Gasteiger partial charge in [-0.1, -0.05) is 25.9 Å². The molecule has 1 aromatic rings. The van der Waals surface area contributed by atoms with Gasteiger partial charge in [0.2, 0.25) is 0 Å². The third-order valence-electron chi connectivity index (χ3n) is 4.64. The highest BCUT2D eigenvalue weighted by atomic mass is 16.8. The first-order valence-corrected chi connectivity index (χ1v) is 8.83. The van der Waals surface area contributed by atoms with E-state index in [9.17, 15) is 0 Å². The highest BCUT2D eigenvalue weighted by molar-refractivity contribution is 5.88. The number of nitrogens with one attached hydrogen (secondary N) is 1. The smallest absolute Gasteiger partial charge is 0.171 e. The van der Waals surface area contributed by atoms with Gasteiger partial charge < -0.3 is 16.4 Å². The Morgan fingerprint density at radius 1 is 1.35 bits per heavy atom. The van der Waals surface area contributed by atoms with Gasteiger partial charge in [0.15, 0.2) is 11.6 Å². The van der Waals surface area contributed by atoms with Gasteiger partial charge in [0.05, 0.1) is 12.3 Å². The number of oxime groups is 1. The second-order valence-corrected chi connectivity index (χ2v) is 8.00. The fourth-order valence-electron chi connectivity index (χ4n) is 2.98. The molecule has 2 aliphatic rings. The SMILES string of the molecule is CC1=NONC1CN(N)c1nc(C(C)(C)C)nc(N2CCC(N)C2)c1N. The lowest BCUT2D eigenvalue weighted by Crippen LogP contribution is -2.46. The molecule has 7 N–H and O–H groups in total. The number of hydrogen-bond donors (Lipinski definition) is 4. The lowest BCUT2D eigenvalue weighted by Gasteiger charge is -2.28. The van der Waals surface area contributed by atoms with Gasteiger partial charge in [0.1, 0.15) is 17.6 Å². The van der Waals surface area contributed by atoms with Gasteiger partial charge in [-0.05, 0) is 13.3 Å². The number of anilines is 3. The van der Waals surface area contributed by atoms with Crippen LogP contribution in [0.25, 0.3) is 0 Å². The number of nitrogen functional groups attached to an aromatic ring is 1. The summed E-state index contributed by atoms with van der Waals surface area (Å²) in [6, 6.07) is -0.00492. The monoisotopic (exact) mass is 363 g/mol. The third kappa shape index (κ3) is 3.67. The fraction of sp³-hybridized carbons (Fsp3) is 0.688. The maximum absolute atomic E-state index is 6.42. The van der Waals surface area contributed by atoms with Gasteiger partial charge in [0.25, 0.3) is 0 Å². The molecule has 2 aliphatic heterocycles. The van der Waals surface area contributed by atoms with Crippen molar-refractivity contribution in [2.24, 2.45) is 16.7 Å². The van der Waals surface area contributed by atoms with Gasteiger partial charge in [-0.25, -0.2) is 15.8 Å². The Labute approximate surface area is 153 Å². The van der Waals surface area contributed by atoms with Crippen LogP contribution in [0.15, 0.2) is 5.16 Å². The predicted octanol–water partition coefficient (Wildman–Crippen LogP) is -0.147. The minimum atomic E-state index is -0.244. The number of hydrogen-bond acceptors (Lipinski definition) is 10. The highest BCUT2D eigenvalue weighted by Gasteiger charge is 2.30. The standard InChI is InChI=1S/C16H29N9O/c1-9-11(23-26-22-9)8-25(19)14-12(18)13(24-6-5-10(17)7-24)20-15(21-14)16(2,3)4/h10-11,23H,5-8,17-19H2,1-4H3. The first kappa shape index (κ1) is 18.6. The fourth-order valence-corrected chi connectivity index (χ4v) is 2.98. The topological polar surface area (TPSA) is 144 Å². The van der Waals surface area contributed by atoms with Crippen molar-refractivity contribution in [1.29, 1.82) is 0 Å². The molecule has 0 spiro atoms. The molecule has 0 aromatic carbocycles. The Balaban J connectivity index is 1.96. The van der Waals surface area contributed by atoms with E-state index < -0.39 is 0 Å². The molecule has 0 saturated carbocycles. The summed E-state index contributed by atoms with van der Waals surface area (Å²) >= 11 is 0. The number of hydroxylamine groups is 1. The largest absolute Gasteiger partial charge is 0.393 e. The second kappa shape index (κ2) is 6.86. The normalized spacial score (nSPS) is 23.2.